The number of nitrogens with one attached hydrogen (secondary N) is 2. The number of benzene rings is 2. The molecule has 2 N–H and O–H groups in total. The maximum absolute atomic E-state index is 12.0. The second kappa shape index (κ2) is 9.36. The summed E-state index contributed by atoms with van der Waals surface area (Å²) in [6, 6.07) is 5.69. The van der Waals surface area contributed by atoms with Crippen molar-refractivity contribution in [2.45, 2.75) is 12.8 Å². The Balaban J connectivity index is 1.92. The molecule has 2 aromatic carbocycles. The molecular weight excluding hydrogens is 465 g/mol. The smallest absolute Gasteiger partial charge is 0.224 e. The fraction of sp³-hybridized carbons (Fsp3) is 0.125. The highest BCUT2D eigenvalue weighted by atomic mass is 35.5. The van der Waals surface area contributed by atoms with Crippen molar-refractivity contribution in [3.63, 3.8) is 0 Å². The number of hydrogen-bond acceptors (Lipinski definition) is 2. The van der Waals surface area contributed by atoms with Crippen molar-refractivity contribution >= 4 is 92.8 Å². The predicted octanol–water partition coefficient (Wildman–Crippen LogP) is 6.96. The zero-order valence-corrected chi connectivity index (χ0v) is 17.3. The van der Waals surface area contributed by atoms with Crippen LogP contribution in [0, 0.1) is 0 Å². The Bertz CT molecular complexity index is 801. The Hall–Kier alpha value is -0.880. The Labute approximate surface area is 179 Å². The number of amides is 2. The summed E-state index contributed by atoms with van der Waals surface area (Å²) in [4.78, 5) is 24.0. The second-order valence-electron chi connectivity index (χ2n) is 5.09. The monoisotopic (exact) mass is 472 g/mol. The van der Waals surface area contributed by atoms with Crippen molar-refractivity contribution in [1.82, 2.24) is 0 Å². The van der Waals surface area contributed by atoms with Crippen LogP contribution >= 0.6 is 69.6 Å². The first kappa shape index (κ1) is 21.4. The minimum Gasteiger partial charge on any atom is -0.325 e. The van der Waals surface area contributed by atoms with Crippen molar-refractivity contribution < 1.29 is 9.59 Å². The summed E-state index contributed by atoms with van der Waals surface area (Å²) in [5.74, 6) is -0.832. The van der Waals surface area contributed by atoms with Crippen LogP contribution in [-0.4, -0.2) is 11.8 Å². The van der Waals surface area contributed by atoms with Gasteiger partial charge in [-0.15, -0.1) is 0 Å². The molecule has 0 aliphatic rings. The molecule has 0 saturated carbocycles. The van der Waals surface area contributed by atoms with Crippen molar-refractivity contribution in [1.29, 1.82) is 0 Å². The molecule has 0 aliphatic heterocycles. The molecule has 26 heavy (non-hydrogen) atoms. The maximum Gasteiger partial charge on any atom is 0.224 e. The molecular formula is C16H10Cl6N2O2. The number of halogens is 6. The lowest BCUT2D eigenvalue weighted by Gasteiger charge is -2.10. The van der Waals surface area contributed by atoms with Gasteiger partial charge in [-0.1, -0.05) is 69.6 Å². The maximum atomic E-state index is 12.0. The normalized spacial score (nSPS) is 10.5. The molecule has 138 valence electrons. The lowest BCUT2D eigenvalue weighted by molar-refractivity contribution is -0.121. The highest BCUT2D eigenvalue weighted by Crippen LogP contribution is 2.33. The molecule has 0 saturated heterocycles. The van der Waals surface area contributed by atoms with E-state index >= 15 is 0 Å². The minimum atomic E-state index is -0.416. The summed E-state index contributed by atoms with van der Waals surface area (Å²) < 4.78 is 0. The zero-order valence-electron chi connectivity index (χ0n) is 12.8. The first-order valence-electron chi connectivity index (χ1n) is 7.06. The third-order valence-electron chi connectivity index (χ3n) is 3.15. The highest BCUT2D eigenvalue weighted by Gasteiger charge is 2.13. The summed E-state index contributed by atoms with van der Waals surface area (Å²) in [7, 11) is 0. The molecule has 0 unspecified atom stereocenters. The predicted molar refractivity (Wildman–Crippen MR) is 109 cm³/mol. The van der Waals surface area contributed by atoms with E-state index in [4.69, 9.17) is 69.6 Å². The summed E-state index contributed by atoms with van der Waals surface area (Å²) in [5, 5.41) is 6.64. The number of hydrogen-bond donors (Lipinski definition) is 2. The minimum absolute atomic E-state index is 0.0820. The van der Waals surface area contributed by atoms with E-state index in [9.17, 15) is 9.59 Å². The molecule has 2 aromatic rings. The lowest BCUT2D eigenvalue weighted by atomic mass is 10.2. The van der Waals surface area contributed by atoms with Gasteiger partial charge in [-0.05, 0) is 24.3 Å². The van der Waals surface area contributed by atoms with Crippen molar-refractivity contribution in [3.8, 4) is 0 Å². The molecule has 0 fully saturated rings. The van der Waals surface area contributed by atoms with Gasteiger partial charge in [0.25, 0.3) is 0 Å². The van der Waals surface area contributed by atoms with Gasteiger partial charge in [0.1, 0.15) is 0 Å². The van der Waals surface area contributed by atoms with Gasteiger partial charge in [0.05, 0.1) is 41.5 Å². The van der Waals surface area contributed by atoms with E-state index in [0.29, 0.717) is 11.4 Å². The van der Waals surface area contributed by atoms with Crippen LogP contribution in [0.1, 0.15) is 12.8 Å². The second-order valence-corrected chi connectivity index (χ2v) is 7.53. The van der Waals surface area contributed by atoms with Gasteiger partial charge in [-0.25, -0.2) is 0 Å². The average molecular weight is 475 g/mol. The molecule has 0 heterocycles. The van der Waals surface area contributed by atoms with E-state index in [1.54, 1.807) is 0 Å². The first-order valence-corrected chi connectivity index (χ1v) is 9.33. The quantitative estimate of drug-likeness (QED) is 0.460. The molecule has 2 rings (SSSR count). The number of anilines is 2. The molecule has 0 radical (unpaired) electrons. The molecule has 0 aromatic heterocycles. The Morgan fingerprint density at radius 2 is 0.885 bits per heavy atom. The topological polar surface area (TPSA) is 58.2 Å². The molecule has 0 bridgehead atoms. The van der Waals surface area contributed by atoms with Crippen LogP contribution in [0.15, 0.2) is 24.3 Å². The summed E-state index contributed by atoms with van der Waals surface area (Å²) in [6.07, 6.45) is -0.164. The highest BCUT2D eigenvalue weighted by molar-refractivity contribution is 6.44. The third kappa shape index (κ3) is 5.81. The largest absolute Gasteiger partial charge is 0.325 e. The fourth-order valence-corrected chi connectivity index (χ4v) is 3.08. The van der Waals surface area contributed by atoms with Gasteiger partial charge < -0.3 is 10.6 Å². The Morgan fingerprint density at radius 1 is 0.577 bits per heavy atom. The van der Waals surface area contributed by atoms with Crippen LogP contribution in [0.5, 0.6) is 0 Å². The van der Waals surface area contributed by atoms with E-state index < -0.39 is 11.8 Å². The zero-order chi connectivity index (χ0) is 19.4. The lowest BCUT2D eigenvalue weighted by Crippen LogP contribution is -2.17. The summed E-state index contributed by atoms with van der Waals surface area (Å²) in [5.41, 5.74) is 0.609. The molecule has 0 spiro atoms. The molecule has 0 atom stereocenters. The van der Waals surface area contributed by atoms with Crippen LogP contribution in [0.3, 0.4) is 0 Å². The summed E-state index contributed by atoms with van der Waals surface area (Å²) >= 11 is 35.4. The van der Waals surface area contributed by atoms with E-state index in [1.165, 1.54) is 24.3 Å². The van der Waals surface area contributed by atoms with Crippen molar-refractivity contribution in [2.24, 2.45) is 0 Å². The molecule has 0 aliphatic carbocycles. The van der Waals surface area contributed by atoms with Crippen LogP contribution in [0.4, 0.5) is 11.4 Å². The van der Waals surface area contributed by atoms with Crippen molar-refractivity contribution in [3.05, 3.63) is 54.4 Å². The fourth-order valence-electron chi connectivity index (χ4n) is 1.89. The SMILES string of the molecule is O=C(CCC(=O)Nc1cc(Cl)c(Cl)cc1Cl)Nc1cc(Cl)c(Cl)cc1Cl. The van der Waals surface area contributed by atoms with E-state index in [2.05, 4.69) is 10.6 Å². The van der Waals surface area contributed by atoms with Crippen LogP contribution < -0.4 is 10.6 Å². The third-order valence-corrected chi connectivity index (χ3v) is 5.22. The van der Waals surface area contributed by atoms with Crippen LogP contribution in [0.25, 0.3) is 0 Å². The Kier molecular flexibility index (Phi) is 7.71. The van der Waals surface area contributed by atoms with E-state index in [-0.39, 0.29) is 43.0 Å². The number of carbonyl (C=O) groups excluding carboxylic acids is 2. The first-order chi connectivity index (χ1) is 12.2. The number of carbonyl (C=O) groups is 2. The number of rotatable bonds is 5. The van der Waals surface area contributed by atoms with Crippen molar-refractivity contribution in [2.75, 3.05) is 10.6 Å². The van der Waals surface area contributed by atoms with Gasteiger partial charge in [0.2, 0.25) is 11.8 Å². The van der Waals surface area contributed by atoms with E-state index in [1.807, 2.05) is 0 Å². The van der Waals surface area contributed by atoms with Crippen LogP contribution in [-0.2, 0) is 9.59 Å². The standard InChI is InChI=1S/C16H10Cl6N2O2/c17-7-3-11(21)13(5-9(7)19)23-15(25)1-2-16(26)24-14-6-10(20)8(18)4-12(14)22/h3-6H,1-2H2,(H,23,25)(H,24,26). The van der Waals surface area contributed by atoms with Gasteiger partial charge in [0.15, 0.2) is 0 Å². The van der Waals surface area contributed by atoms with Gasteiger partial charge >= 0.3 is 0 Å². The molecule has 2 amide bonds. The van der Waals surface area contributed by atoms with E-state index in [0.717, 1.165) is 0 Å². The summed E-state index contributed by atoms with van der Waals surface area (Å²) in [6.45, 7) is 0. The van der Waals surface area contributed by atoms with Gasteiger partial charge in [-0.3, -0.25) is 9.59 Å². The Morgan fingerprint density at radius 3 is 1.23 bits per heavy atom. The molecule has 4 nitrogen and oxygen atoms in total. The van der Waals surface area contributed by atoms with Gasteiger partial charge in [-0.2, -0.15) is 0 Å². The van der Waals surface area contributed by atoms with Gasteiger partial charge in [0, 0.05) is 12.8 Å². The molecule has 10 heteroatoms. The average Bonchev–Trinajstić information content (AvgIpc) is 2.55. The van der Waals surface area contributed by atoms with Crippen LogP contribution in [0.2, 0.25) is 30.1 Å².